The van der Waals surface area contributed by atoms with E-state index in [0.29, 0.717) is 11.4 Å². The number of hydrogen-bond acceptors (Lipinski definition) is 3. The number of benzene rings is 2. The number of para-hydroxylation sites is 1. The number of amides is 3. The molecule has 0 aliphatic carbocycles. The zero-order valence-corrected chi connectivity index (χ0v) is 16.1. The molecule has 0 saturated heterocycles. The Morgan fingerprint density at radius 1 is 0.889 bits per heavy atom. The molecule has 0 heterocycles. The summed E-state index contributed by atoms with van der Waals surface area (Å²) < 4.78 is 0. The van der Waals surface area contributed by atoms with Crippen LogP contribution in [0.5, 0.6) is 0 Å². The van der Waals surface area contributed by atoms with Crippen molar-refractivity contribution in [1.29, 1.82) is 0 Å². The number of nitrogens with one attached hydrogen (secondary N) is 2. The second-order valence-electron chi connectivity index (χ2n) is 6.63. The van der Waals surface area contributed by atoms with Gasteiger partial charge in [-0.1, -0.05) is 32.0 Å². The van der Waals surface area contributed by atoms with Gasteiger partial charge in [-0.05, 0) is 41.8 Å². The molecule has 0 saturated carbocycles. The molecule has 0 bridgehead atoms. The fourth-order valence-corrected chi connectivity index (χ4v) is 2.77. The van der Waals surface area contributed by atoms with Crippen molar-refractivity contribution in [1.82, 2.24) is 0 Å². The number of carbonyl (C=O) groups is 3. The maximum absolute atomic E-state index is 12.5. The number of carbonyl (C=O) groups excluding carboxylic acids is 3. The highest BCUT2D eigenvalue weighted by atomic mass is 16.2. The van der Waals surface area contributed by atoms with Crippen LogP contribution in [-0.4, -0.2) is 24.3 Å². The molecule has 2 rings (SSSR count). The Bertz CT molecular complexity index is 829. The molecule has 0 aromatic heterocycles. The molecule has 0 unspecified atom stereocenters. The third-order valence-electron chi connectivity index (χ3n) is 4.02. The van der Waals surface area contributed by atoms with Crippen LogP contribution in [0.4, 0.5) is 17.1 Å². The first kappa shape index (κ1) is 20.2. The summed E-state index contributed by atoms with van der Waals surface area (Å²) in [6, 6.07) is 14.4. The topological polar surface area (TPSA) is 78.5 Å². The molecule has 142 valence electrons. The average Bonchev–Trinajstić information content (AvgIpc) is 2.60. The summed E-state index contributed by atoms with van der Waals surface area (Å²) >= 11 is 0. The standard InChI is InChI=1S/C21H25N3O3/c1-14(2)19-7-5-6-8-20(19)24(16(4)26)13-21(27)23-18-11-9-17(10-12-18)22-15(3)25/h5-12,14H,13H2,1-4H3,(H,22,25)(H,23,27). The molecule has 2 aromatic carbocycles. The van der Waals surface area contributed by atoms with E-state index in [2.05, 4.69) is 10.6 Å². The van der Waals surface area contributed by atoms with E-state index in [1.807, 2.05) is 38.1 Å². The molecule has 2 aromatic rings. The van der Waals surface area contributed by atoms with Crippen LogP contribution in [0.3, 0.4) is 0 Å². The summed E-state index contributed by atoms with van der Waals surface area (Å²) in [4.78, 5) is 37.2. The van der Waals surface area contributed by atoms with E-state index < -0.39 is 0 Å². The third-order valence-corrected chi connectivity index (χ3v) is 4.02. The van der Waals surface area contributed by atoms with Crippen LogP contribution in [0.25, 0.3) is 0 Å². The van der Waals surface area contributed by atoms with E-state index in [4.69, 9.17) is 0 Å². The van der Waals surface area contributed by atoms with Crippen molar-refractivity contribution in [3.8, 4) is 0 Å². The molecule has 3 amide bonds. The second kappa shape index (κ2) is 8.98. The van der Waals surface area contributed by atoms with E-state index >= 15 is 0 Å². The van der Waals surface area contributed by atoms with Crippen molar-refractivity contribution in [2.45, 2.75) is 33.6 Å². The SMILES string of the molecule is CC(=O)Nc1ccc(NC(=O)CN(C(C)=O)c2ccccc2C(C)C)cc1. The third kappa shape index (κ3) is 5.67. The van der Waals surface area contributed by atoms with E-state index in [1.54, 1.807) is 24.3 Å². The van der Waals surface area contributed by atoms with Gasteiger partial charge in [-0.25, -0.2) is 0 Å². The van der Waals surface area contributed by atoms with E-state index in [1.165, 1.54) is 18.7 Å². The minimum absolute atomic E-state index is 0.0769. The van der Waals surface area contributed by atoms with Gasteiger partial charge in [-0.3, -0.25) is 14.4 Å². The molecular weight excluding hydrogens is 342 g/mol. The van der Waals surface area contributed by atoms with E-state index in [9.17, 15) is 14.4 Å². The van der Waals surface area contributed by atoms with E-state index in [-0.39, 0.29) is 30.2 Å². The maximum Gasteiger partial charge on any atom is 0.244 e. The lowest BCUT2D eigenvalue weighted by Crippen LogP contribution is -2.37. The first-order valence-electron chi connectivity index (χ1n) is 8.82. The zero-order valence-electron chi connectivity index (χ0n) is 16.1. The molecule has 6 nitrogen and oxygen atoms in total. The van der Waals surface area contributed by atoms with Gasteiger partial charge in [-0.2, -0.15) is 0 Å². The van der Waals surface area contributed by atoms with Gasteiger partial charge in [0.15, 0.2) is 0 Å². The normalized spacial score (nSPS) is 10.4. The molecular formula is C21H25N3O3. The molecule has 0 atom stereocenters. The first-order valence-corrected chi connectivity index (χ1v) is 8.82. The van der Waals surface area contributed by atoms with Gasteiger partial charge in [0, 0.05) is 30.9 Å². The minimum Gasteiger partial charge on any atom is -0.326 e. The van der Waals surface area contributed by atoms with Crippen molar-refractivity contribution in [2.24, 2.45) is 0 Å². The van der Waals surface area contributed by atoms with Gasteiger partial charge in [0.25, 0.3) is 0 Å². The van der Waals surface area contributed by atoms with Gasteiger partial charge in [0.1, 0.15) is 6.54 Å². The van der Waals surface area contributed by atoms with Crippen LogP contribution < -0.4 is 15.5 Å². The molecule has 0 aliphatic rings. The van der Waals surface area contributed by atoms with Crippen LogP contribution >= 0.6 is 0 Å². The van der Waals surface area contributed by atoms with Crippen molar-refractivity contribution >= 4 is 34.8 Å². The van der Waals surface area contributed by atoms with Crippen LogP contribution in [0.1, 0.15) is 39.2 Å². The average molecular weight is 367 g/mol. The van der Waals surface area contributed by atoms with Gasteiger partial charge in [0.2, 0.25) is 17.7 Å². The van der Waals surface area contributed by atoms with Gasteiger partial charge < -0.3 is 15.5 Å². The van der Waals surface area contributed by atoms with Crippen LogP contribution in [0.2, 0.25) is 0 Å². The first-order chi connectivity index (χ1) is 12.8. The van der Waals surface area contributed by atoms with Gasteiger partial charge >= 0.3 is 0 Å². The summed E-state index contributed by atoms with van der Waals surface area (Å²) in [6.45, 7) is 6.90. The fourth-order valence-electron chi connectivity index (χ4n) is 2.77. The number of anilines is 3. The Balaban J connectivity index is 2.12. The zero-order chi connectivity index (χ0) is 20.0. The lowest BCUT2D eigenvalue weighted by Gasteiger charge is -2.25. The fraction of sp³-hybridized carbons (Fsp3) is 0.286. The quantitative estimate of drug-likeness (QED) is 0.816. The maximum atomic E-state index is 12.5. The van der Waals surface area contributed by atoms with Crippen LogP contribution in [-0.2, 0) is 14.4 Å². The lowest BCUT2D eigenvalue weighted by atomic mass is 10.0. The number of hydrogen-bond donors (Lipinski definition) is 2. The largest absolute Gasteiger partial charge is 0.326 e. The predicted octanol–water partition coefficient (Wildman–Crippen LogP) is 3.76. The predicted molar refractivity (Wildman–Crippen MR) is 108 cm³/mol. The summed E-state index contributed by atoms with van der Waals surface area (Å²) in [6.07, 6.45) is 0. The highest BCUT2D eigenvalue weighted by Crippen LogP contribution is 2.27. The van der Waals surface area contributed by atoms with Crippen LogP contribution in [0.15, 0.2) is 48.5 Å². The minimum atomic E-state index is -0.295. The second-order valence-corrected chi connectivity index (χ2v) is 6.63. The smallest absolute Gasteiger partial charge is 0.244 e. The van der Waals surface area contributed by atoms with Crippen molar-refractivity contribution < 1.29 is 14.4 Å². The molecule has 0 radical (unpaired) electrons. The number of rotatable bonds is 6. The summed E-state index contributed by atoms with van der Waals surface area (Å²) in [5, 5.41) is 5.45. The molecule has 0 fully saturated rings. The molecule has 6 heteroatoms. The highest BCUT2D eigenvalue weighted by molar-refractivity contribution is 6.02. The number of nitrogens with zero attached hydrogens (tertiary/aromatic N) is 1. The van der Waals surface area contributed by atoms with Crippen molar-refractivity contribution in [3.63, 3.8) is 0 Å². The molecule has 2 N–H and O–H groups in total. The van der Waals surface area contributed by atoms with Crippen molar-refractivity contribution in [2.75, 3.05) is 22.1 Å². The summed E-state index contributed by atoms with van der Waals surface area (Å²) in [5.41, 5.74) is 3.00. The summed E-state index contributed by atoms with van der Waals surface area (Å²) in [5.74, 6) is -0.421. The van der Waals surface area contributed by atoms with Crippen LogP contribution in [0, 0.1) is 0 Å². The van der Waals surface area contributed by atoms with Gasteiger partial charge in [-0.15, -0.1) is 0 Å². The Morgan fingerprint density at radius 3 is 1.96 bits per heavy atom. The molecule has 0 spiro atoms. The molecule has 27 heavy (non-hydrogen) atoms. The molecule has 0 aliphatic heterocycles. The Morgan fingerprint density at radius 2 is 1.44 bits per heavy atom. The Labute approximate surface area is 159 Å². The Kier molecular flexibility index (Phi) is 6.71. The van der Waals surface area contributed by atoms with Gasteiger partial charge in [0.05, 0.1) is 0 Å². The van der Waals surface area contributed by atoms with Crippen molar-refractivity contribution in [3.05, 3.63) is 54.1 Å². The Hall–Kier alpha value is -3.15. The lowest BCUT2D eigenvalue weighted by molar-refractivity contribution is -0.120. The highest BCUT2D eigenvalue weighted by Gasteiger charge is 2.19. The summed E-state index contributed by atoms with van der Waals surface area (Å²) in [7, 11) is 0. The monoisotopic (exact) mass is 367 g/mol. The van der Waals surface area contributed by atoms with E-state index in [0.717, 1.165) is 11.3 Å².